The number of hydrogen-bond donors (Lipinski definition) is 0. The van der Waals surface area contributed by atoms with Gasteiger partial charge in [-0.3, -0.25) is 9.59 Å². The molecule has 0 aromatic heterocycles. The summed E-state index contributed by atoms with van der Waals surface area (Å²) >= 11 is 0. The Morgan fingerprint density at radius 3 is 2.50 bits per heavy atom. The first-order valence-corrected chi connectivity index (χ1v) is 3.58. The van der Waals surface area contributed by atoms with E-state index in [0.29, 0.717) is 30.1 Å². The molecule has 0 N–H and O–H groups in total. The smallest absolute Gasteiger partial charge is 0.149 e. The van der Waals surface area contributed by atoms with Crippen LogP contribution in [0.3, 0.4) is 0 Å². The Kier molecular flexibility index (Phi) is 2.69. The van der Waals surface area contributed by atoms with Crippen molar-refractivity contribution in [2.75, 3.05) is 0 Å². The maximum Gasteiger partial charge on any atom is 0.149 e. The highest BCUT2D eigenvalue weighted by molar-refractivity contribution is 5.86. The molecule has 3 heteroatoms. The highest BCUT2D eigenvalue weighted by atomic mass is 16.1. The van der Waals surface area contributed by atoms with Crippen LogP contribution in [0.15, 0.2) is 23.3 Å². The van der Waals surface area contributed by atoms with Crippen LogP contribution in [0, 0.1) is 5.92 Å². The molecule has 3 nitrogen and oxygen atoms in total. The molecule has 0 bridgehead atoms. The van der Waals surface area contributed by atoms with Crippen molar-refractivity contribution in [1.82, 2.24) is 0 Å². The largest absolute Gasteiger partial charge is 0.303 e. The second kappa shape index (κ2) is 3.76. The zero-order valence-corrected chi connectivity index (χ0v) is 6.40. The Hall–Kier alpha value is -1.51. The van der Waals surface area contributed by atoms with Gasteiger partial charge in [-0.1, -0.05) is 6.08 Å². The number of aldehydes is 3. The van der Waals surface area contributed by atoms with Crippen molar-refractivity contribution in [3.8, 4) is 0 Å². The molecule has 0 amide bonds. The predicted molar refractivity (Wildman–Crippen MR) is 42.5 cm³/mol. The van der Waals surface area contributed by atoms with Crippen LogP contribution in [0.1, 0.15) is 6.42 Å². The van der Waals surface area contributed by atoms with E-state index in [1.165, 1.54) is 6.08 Å². The van der Waals surface area contributed by atoms with Crippen LogP contribution in [0.5, 0.6) is 0 Å². The molecular weight excluding hydrogens is 156 g/mol. The van der Waals surface area contributed by atoms with E-state index in [4.69, 9.17) is 0 Å². The lowest BCUT2D eigenvalue weighted by atomic mass is 9.92. The van der Waals surface area contributed by atoms with Gasteiger partial charge in [0.1, 0.15) is 18.9 Å². The first-order valence-electron chi connectivity index (χ1n) is 3.58. The Labute approximate surface area is 69.8 Å². The number of carbonyl (C=O) groups excluding carboxylic acids is 3. The van der Waals surface area contributed by atoms with Gasteiger partial charge in [0.2, 0.25) is 0 Å². The summed E-state index contributed by atoms with van der Waals surface area (Å²) < 4.78 is 0. The lowest BCUT2D eigenvalue weighted by molar-refractivity contribution is -0.110. The van der Waals surface area contributed by atoms with Gasteiger partial charge in [0, 0.05) is 11.5 Å². The number of rotatable bonds is 3. The van der Waals surface area contributed by atoms with E-state index in [1.807, 2.05) is 0 Å². The van der Waals surface area contributed by atoms with Gasteiger partial charge in [0.25, 0.3) is 0 Å². The van der Waals surface area contributed by atoms with E-state index in [2.05, 4.69) is 0 Å². The molecule has 0 aromatic carbocycles. The van der Waals surface area contributed by atoms with E-state index in [0.717, 1.165) is 6.29 Å². The van der Waals surface area contributed by atoms with E-state index in [9.17, 15) is 14.4 Å². The fourth-order valence-electron chi connectivity index (χ4n) is 1.14. The van der Waals surface area contributed by atoms with Crippen LogP contribution in [0.2, 0.25) is 0 Å². The molecule has 0 saturated carbocycles. The summed E-state index contributed by atoms with van der Waals surface area (Å²) in [6.07, 6.45) is 5.52. The Morgan fingerprint density at radius 1 is 1.25 bits per heavy atom. The van der Waals surface area contributed by atoms with Crippen LogP contribution in [-0.4, -0.2) is 18.9 Å². The Bertz CT molecular complexity index is 273. The van der Waals surface area contributed by atoms with Crippen molar-refractivity contribution in [3.63, 3.8) is 0 Å². The summed E-state index contributed by atoms with van der Waals surface area (Å²) in [6, 6.07) is 0. The maximum absolute atomic E-state index is 10.4. The molecule has 1 rings (SSSR count). The molecule has 12 heavy (non-hydrogen) atoms. The monoisotopic (exact) mass is 164 g/mol. The highest BCUT2D eigenvalue weighted by Gasteiger charge is 2.13. The third-order valence-corrected chi connectivity index (χ3v) is 1.69. The van der Waals surface area contributed by atoms with Gasteiger partial charge >= 0.3 is 0 Å². The topological polar surface area (TPSA) is 51.2 Å². The number of carbonyl (C=O) groups is 3. The number of allylic oxidation sites excluding steroid dienone is 4. The first kappa shape index (κ1) is 8.59. The molecule has 0 spiro atoms. The molecule has 0 radical (unpaired) electrons. The minimum Gasteiger partial charge on any atom is -0.303 e. The lowest BCUT2D eigenvalue weighted by Crippen LogP contribution is -2.07. The van der Waals surface area contributed by atoms with Gasteiger partial charge in [0.15, 0.2) is 0 Å². The van der Waals surface area contributed by atoms with Gasteiger partial charge in [0.05, 0.1) is 0 Å². The van der Waals surface area contributed by atoms with Crippen molar-refractivity contribution in [2.45, 2.75) is 6.42 Å². The van der Waals surface area contributed by atoms with E-state index >= 15 is 0 Å². The normalized spacial score (nSPS) is 22.2. The quantitative estimate of drug-likeness (QED) is 0.569. The minimum absolute atomic E-state index is 0.324. The molecule has 1 aliphatic rings. The molecule has 1 aliphatic carbocycles. The SMILES string of the molecule is O=CC1=CC(C=O)CC(C=O)=C1. The molecule has 1 unspecified atom stereocenters. The summed E-state index contributed by atoms with van der Waals surface area (Å²) in [6.45, 7) is 0. The van der Waals surface area contributed by atoms with Crippen LogP contribution < -0.4 is 0 Å². The van der Waals surface area contributed by atoms with Crippen LogP contribution in [0.4, 0.5) is 0 Å². The van der Waals surface area contributed by atoms with Gasteiger partial charge < -0.3 is 4.79 Å². The van der Waals surface area contributed by atoms with Crippen molar-refractivity contribution in [1.29, 1.82) is 0 Å². The number of hydrogen-bond acceptors (Lipinski definition) is 3. The second-order valence-corrected chi connectivity index (χ2v) is 2.63. The zero-order valence-electron chi connectivity index (χ0n) is 6.40. The third kappa shape index (κ3) is 1.75. The van der Waals surface area contributed by atoms with Crippen molar-refractivity contribution in [3.05, 3.63) is 23.3 Å². The standard InChI is InChI=1S/C9H8O3/c10-4-7-1-8(5-11)3-9(2-7)6-12/h1-2,4-6,8H,3H2. The molecule has 0 aliphatic heterocycles. The van der Waals surface area contributed by atoms with Crippen LogP contribution in [0.25, 0.3) is 0 Å². The fraction of sp³-hybridized carbons (Fsp3) is 0.222. The summed E-state index contributed by atoms with van der Waals surface area (Å²) in [5, 5.41) is 0. The van der Waals surface area contributed by atoms with E-state index in [1.54, 1.807) is 6.08 Å². The maximum atomic E-state index is 10.4. The molecule has 0 heterocycles. The molecular formula is C9H8O3. The van der Waals surface area contributed by atoms with Crippen molar-refractivity contribution < 1.29 is 14.4 Å². The molecule has 62 valence electrons. The fourth-order valence-corrected chi connectivity index (χ4v) is 1.14. The minimum atomic E-state index is -0.324. The van der Waals surface area contributed by atoms with E-state index < -0.39 is 0 Å². The Balaban J connectivity index is 2.91. The van der Waals surface area contributed by atoms with Crippen molar-refractivity contribution in [2.24, 2.45) is 5.92 Å². The van der Waals surface area contributed by atoms with E-state index in [-0.39, 0.29) is 5.92 Å². The van der Waals surface area contributed by atoms with Gasteiger partial charge in [-0.2, -0.15) is 0 Å². The summed E-state index contributed by atoms with van der Waals surface area (Å²) in [7, 11) is 0. The zero-order chi connectivity index (χ0) is 8.97. The van der Waals surface area contributed by atoms with Crippen molar-refractivity contribution >= 4 is 18.9 Å². The molecule has 0 saturated heterocycles. The highest BCUT2D eigenvalue weighted by Crippen LogP contribution is 2.18. The summed E-state index contributed by atoms with van der Waals surface area (Å²) in [4.78, 5) is 31.1. The predicted octanol–water partition coefficient (Wildman–Crippen LogP) is 0.456. The van der Waals surface area contributed by atoms with Gasteiger partial charge in [-0.15, -0.1) is 0 Å². The average molecular weight is 164 g/mol. The Morgan fingerprint density at radius 2 is 2.00 bits per heavy atom. The molecule has 0 aromatic rings. The van der Waals surface area contributed by atoms with Crippen LogP contribution in [-0.2, 0) is 14.4 Å². The lowest BCUT2D eigenvalue weighted by Gasteiger charge is -2.10. The second-order valence-electron chi connectivity index (χ2n) is 2.63. The molecule has 1 atom stereocenters. The van der Waals surface area contributed by atoms with Crippen LogP contribution >= 0.6 is 0 Å². The first-order chi connectivity index (χ1) is 5.80. The summed E-state index contributed by atoms with van der Waals surface area (Å²) in [5.41, 5.74) is 0.900. The molecule has 0 fully saturated rings. The summed E-state index contributed by atoms with van der Waals surface area (Å²) in [5.74, 6) is -0.324. The average Bonchev–Trinajstić information content (AvgIpc) is 2.16. The van der Waals surface area contributed by atoms with Gasteiger partial charge in [-0.25, -0.2) is 0 Å². The third-order valence-electron chi connectivity index (χ3n) is 1.69. The van der Waals surface area contributed by atoms with Gasteiger partial charge in [-0.05, 0) is 18.1 Å².